The number of pyridine rings is 1. The molecule has 1 aromatic rings. The van der Waals surface area contributed by atoms with Crippen LogP contribution >= 0.6 is 0 Å². The molecule has 6 nitrogen and oxygen atoms in total. The highest BCUT2D eigenvalue weighted by Crippen LogP contribution is 2.11. The minimum Gasteiger partial charge on any atom is -0.748 e. The minimum absolute atomic E-state index is 0.0904. The molecular weight excluding hydrogens is 400 g/mol. The molecule has 1 amide bonds. The third kappa shape index (κ3) is 14.5. The molecule has 0 radical (unpaired) electrons. The largest absolute Gasteiger partial charge is 0.748 e. The van der Waals surface area contributed by atoms with Crippen LogP contribution in [0, 0.1) is 0 Å². The quantitative estimate of drug-likeness (QED) is 0.209. The lowest BCUT2D eigenvalue weighted by molar-refractivity contribution is -0.696. The van der Waals surface area contributed by atoms with Crippen molar-refractivity contribution in [2.75, 3.05) is 12.3 Å². The molecule has 30 heavy (non-hydrogen) atoms. The number of nitrogens with zero attached hydrogens (tertiary/aromatic N) is 1. The second-order valence-electron chi connectivity index (χ2n) is 8.08. The molecule has 7 heteroatoms. The Hall–Kier alpha value is -1.47. The summed E-state index contributed by atoms with van der Waals surface area (Å²) in [7, 11) is -4.17. The van der Waals surface area contributed by atoms with E-state index in [1.807, 2.05) is 0 Å². The zero-order valence-electron chi connectivity index (χ0n) is 18.6. The third-order valence-corrected chi connectivity index (χ3v) is 6.07. The molecule has 1 N–H and O–H groups in total. The Labute approximate surface area is 183 Å². The van der Waals surface area contributed by atoms with E-state index in [9.17, 15) is 17.8 Å². The zero-order chi connectivity index (χ0) is 22.1. The lowest BCUT2D eigenvalue weighted by Crippen LogP contribution is -2.34. The highest BCUT2D eigenvalue weighted by molar-refractivity contribution is 7.85. The molecule has 1 heterocycles. The van der Waals surface area contributed by atoms with E-state index < -0.39 is 10.1 Å². The number of carbonyl (C=O) groups excluding carboxylic acids is 1. The van der Waals surface area contributed by atoms with Crippen LogP contribution in [0.1, 0.15) is 101 Å². The number of carbonyl (C=O) groups is 1. The van der Waals surface area contributed by atoms with Gasteiger partial charge >= 0.3 is 0 Å². The molecule has 0 aliphatic heterocycles. The second kappa shape index (κ2) is 16.3. The molecule has 1 rings (SSSR count). The number of aromatic nitrogens is 1. The number of aryl methyl sites for hydroxylation is 1. The fraction of sp³-hybridized carbons (Fsp3) is 0.739. The van der Waals surface area contributed by atoms with Crippen LogP contribution in [-0.2, 0) is 16.7 Å². The van der Waals surface area contributed by atoms with E-state index in [-0.39, 0.29) is 18.1 Å². The predicted molar refractivity (Wildman–Crippen MR) is 119 cm³/mol. The van der Waals surface area contributed by atoms with Gasteiger partial charge in [-0.15, -0.1) is 0 Å². The Bertz CT molecular complexity index is 675. The summed E-state index contributed by atoms with van der Waals surface area (Å²) >= 11 is 0. The Balaban J connectivity index is 2.02. The van der Waals surface area contributed by atoms with Crippen molar-refractivity contribution in [2.45, 2.75) is 96.9 Å². The van der Waals surface area contributed by atoms with E-state index in [0.717, 1.165) is 12.8 Å². The van der Waals surface area contributed by atoms with Crippen LogP contribution in [0.4, 0.5) is 0 Å². The Morgan fingerprint density at radius 1 is 0.867 bits per heavy atom. The van der Waals surface area contributed by atoms with Gasteiger partial charge in [0.25, 0.3) is 5.91 Å². The van der Waals surface area contributed by atoms with Crippen LogP contribution < -0.4 is 9.88 Å². The first-order valence-corrected chi connectivity index (χ1v) is 13.2. The molecule has 0 saturated carbocycles. The fourth-order valence-electron chi connectivity index (χ4n) is 3.45. The lowest BCUT2D eigenvalue weighted by atomic mass is 10.1. The first-order chi connectivity index (χ1) is 14.4. The van der Waals surface area contributed by atoms with Gasteiger partial charge < -0.3 is 9.87 Å². The summed E-state index contributed by atoms with van der Waals surface area (Å²) < 4.78 is 33.6. The topological polar surface area (TPSA) is 90.2 Å². The van der Waals surface area contributed by atoms with Gasteiger partial charge in [-0.3, -0.25) is 4.79 Å². The van der Waals surface area contributed by atoms with Crippen molar-refractivity contribution < 1.29 is 22.3 Å². The van der Waals surface area contributed by atoms with Gasteiger partial charge in [-0.25, -0.2) is 13.0 Å². The molecule has 0 spiro atoms. The number of rotatable bonds is 18. The van der Waals surface area contributed by atoms with Gasteiger partial charge in [0.1, 0.15) is 6.54 Å². The number of hydrogen-bond donors (Lipinski definition) is 1. The summed E-state index contributed by atoms with van der Waals surface area (Å²) in [4.78, 5) is 12.2. The average molecular weight is 441 g/mol. The van der Waals surface area contributed by atoms with Gasteiger partial charge in [0.15, 0.2) is 12.4 Å². The molecule has 0 atom stereocenters. The van der Waals surface area contributed by atoms with E-state index >= 15 is 0 Å². The van der Waals surface area contributed by atoms with E-state index in [1.54, 1.807) is 29.1 Å². The van der Waals surface area contributed by atoms with E-state index in [2.05, 4.69) is 12.2 Å². The summed E-state index contributed by atoms with van der Waals surface area (Å²) in [5, 5.41) is 2.95. The summed E-state index contributed by atoms with van der Waals surface area (Å²) in [6.45, 7) is 3.37. The van der Waals surface area contributed by atoms with Crippen molar-refractivity contribution >= 4 is 16.0 Å². The molecular formula is C23H40N2O4S. The summed E-state index contributed by atoms with van der Waals surface area (Å²) in [6, 6.07) is 3.42. The summed E-state index contributed by atoms with van der Waals surface area (Å²) in [5.74, 6) is -0.464. The Morgan fingerprint density at radius 2 is 1.37 bits per heavy atom. The third-order valence-electron chi connectivity index (χ3n) is 5.28. The molecule has 1 aromatic heterocycles. The molecule has 0 bridgehead atoms. The van der Waals surface area contributed by atoms with Crippen molar-refractivity contribution in [3.63, 3.8) is 0 Å². The highest BCUT2D eigenvalue weighted by atomic mass is 32.2. The fourth-order valence-corrected chi connectivity index (χ4v) is 3.93. The SMILES string of the molecule is CCCCCCCCCCCCCCNC(=O)c1cc[n+](CCCS(=O)(=O)[O-])cc1. The van der Waals surface area contributed by atoms with Crippen LogP contribution in [0.3, 0.4) is 0 Å². The maximum absolute atomic E-state index is 12.2. The van der Waals surface area contributed by atoms with Crippen molar-refractivity contribution in [2.24, 2.45) is 0 Å². The average Bonchev–Trinajstić information content (AvgIpc) is 2.71. The van der Waals surface area contributed by atoms with Gasteiger partial charge in [0.2, 0.25) is 0 Å². The van der Waals surface area contributed by atoms with E-state index in [4.69, 9.17) is 0 Å². The van der Waals surface area contributed by atoms with Gasteiger partial charge in [-0.05, 0) is 6.42 Å². The maximum atomic E-state index is 12.2. The number of unbranched alkanes of at least 4 members (excludes halogenated alkanes) is 11. The standard InChI is InChI=1S/C23H40N2O4S/c1-2-3-4-5-6-7-8-9-10-11-12-13-17-24-23(26)22-15-19-25(20-16-22)18-14-21-30(27,28)29/h15-16,19-20H,2-14,17-18,21H2,1H3,(H-,24,26,27,28,29). The van der Waals surface area contributed by atoms with Crippen LogP contribution in [0.5, 0.6) is 0 Å². The van der Waals surface area contributed by atoms with Crippen molar-refractivity contribution in [1.82, 2.24) is 5.32 Å². The first kappa shape index (κ1) is 26.6. The van der Waals surface area contributed by atoms with Gasteiger partial charge in [0.05, 0.1) is 15.7 Å². The minimum atomic E-state index is -4.17. The van der Waals surface area contributed by atoms with Crippen LogP contribution in [0.25, 0.3) is 0 Å². The van der Waals surface area contributed by atoms with Crippen LogP contribution in [0.15, 0.2) is 24.5 Å². The first-order valence-electron chi connectivity index (χ1n) is 11.6. The number of hydrogen-bond acceptors (Lipinski definition) is 4. The predicted octanol–water partition coefficient (Wildman–Crippen LogP) is 4.34. The van der Waals surface area contributed by atoms with Crippen molar-refractivity contribution in [1.29, 1.82) is 0 Å². The number of amides is 1. The summed E-state index contributed by atoms with van der Waals surface area (Å²) in [5.41, 5.74) is 0.585. The number of nitrogens with one attached hydrogen (secondary N) is 1. The van der Waals surface area contributed by atoms with Gasteiger partial charge in [0, 0.05) is 30.9 Å². The molecule has 0 aliphatic carbocycles. The Morgan fingerprint density at radius 3 is 1.87 bits per heavy atom. The summed E-state index contributed by atoms with van der Waals surface area (Å²) in [6.07, 6.45) is 19.3. The second-order valence-corrected chi connectivity index (χ2v) is 9.61. The van der Waals surface area contributed by atoms with Gasteiger partial charge in [-0.1, -0.05) is 77.6 Å². The monoisotopic (exact) mass is 440 g/mol. The Kier molecular flexibility index (Phi) is 14.4. The van der Waals surface area contributed by atoms with E-state index in [0.29, 0.717) is 18.7 Å². The maximum Gasteiger partial charge on any atom is 0.251 e. The van der Waals surface area contributed by atoms with E-state index in [1.165, 1.54) is 64.2 Å². The van der Waals surface area contributed by atoms with Crippen molar-refractivity contribution in [3.8, 4) is 0 Å². The van der Waals surface area contributed by atoms with Gasteiger partial charge in [-0.2, -0.15) is 0 Å². The molecule has 0 fully saturated rings. The molecule has 0 unspecified atom stereocenters. The van der Waals surface area contributed by atoms with Crippen molar-refractivity contribution in [3.05, 3.63) is 30.1 Å². The molecule has 0 aliphatic rings. The zero-order valence-corrected chi connectivity index (χ0v) is 19.4. The van der Waals surface area contributed by atoms with Crippen LogP contribution in [0.2, 0.25) is 0 Å². The molecule has 0 saturated heterocycles. The lowest BCUT2D eigenvalue weighted by Gasteiger charge is -2.06. The smallest absolute Gasteiger partial charge is 0.251 e. The molecule has 172 valence electrons. The normalized spacial score (nSPS) is 11.5. The highest BCUT2D eigenvalue weighted by Gasteiger charge is 2.08. The van der Waals surface area contributed by atoms with Crippen LogP contribution in [-0.4, -0.2) is 31.2 Å². The molecule has 0 aromatic carbocycles.